The number of anilines is 1. The molecule has 21 heavy (non-hydrogen) atoms. The van der Waals surface area contributed by atoms with E-state index < -0.39 is 6.04 Å². The fourth-order valence-corrected chi connectivity index (χ4v) is 2.28. The van der Waals surface area contributed by atoms with E-state index in [2.05, 4.69) is 26.7 Å². The van der Waals surface area contributed by atoms with Gasteiger partial charge in [0.25, 0.3) is 0 Å². The van der Waals surface area contributed by atoms with E-state index in [1.807, 2.05) is 30.3 Å². The Kier molecular flexibility index (Phi) is 4.12. The van der Waals surface area contributed by atoms with Crippen LogP contribution in [0.1, 0.15) is 11.6 Å². The molecule has 2 heterocycles. The lowest BCUT2D eigenvalue weighted by Gasteiger charge is -2.17. The minimum atomic E-state index is -0.454. The molecule has 1 aromatic heterocycles. The van der Waals surface area contributed by atoms with Crippen molar-refractivity contribution < 1.29 is 4.79 Å². The number of amides is 1. The number of hydrogen-bond donors (Lipinski definition) is 4. The zero-order chi connectivity index (χ0) is 14.7. The number of halogens is 1. The van der Waals surface area contributed by atoms with Crippen LogP contribution in [0.4, 0.5) is 5.82 Å². The zero-order valence-corrected chi connectivity index (χ0v) is 11.8. The quantitative estimate of drug-likeness (QED) is 0.689. The van der Waals surface area contributed by atoms with Crippen LogP contribution in [0.2, 0.25) is 5.02 Å². The lowest BCUT2D eigenvalue weighted by Crippen LogP contribution is -2.41. The maximum atomic E-state index is 12.4. The first-order valence-electron chi connectivity index (χ1n) is 6.47. The molecular weight excluding hydrogens is 290 g/mol. The third-order valence-electron chi connectivity index (χ3n) is 3.21. The van der Waals surface area contributed by atoms with Gasteiger partial charge in [-0.15, -0.1) is 0 Å². The second kappa shape index (κ2) is 6.19. The Bertz CT molecular complexity index is 619. The van der Waals surface area contributed by atoms with Crippen LogP contribution in [0.3, 0.4) is 0 Å². The molecule has 3 rings (SSSR count). The Hall–Kier alpha value is -1.99. The second-order valence-electron chi connectivity index (χ2n) is 4.63. The third kappa shape index (κ3) is 3.20. The Morgan fingerprint density at radius 3 is 2.67 bits per heavy atom. The molecule has 0 saturated carbocycles. The summed E-state index contributed by atoms with van der Waals surface area (Å²) in [7, 11) is 0. The van der Waals surface area contributed by atoms with E-state index in [0.29, 0.717) is 10.8 Å². The average Bonchev–Trinajstić information content (AvgIpc) is 3.00. The summed E-state index contributed by atoms with van der Waals surface area (Å²) in [6.07, 6.45) is 1.49. The third-order valence-corrected chi connectivity index (χ3v) is 3.43. The van der Waals surface area contributed by atoms with Crippen molar-refractivity contribution in [3.8, 4) is 0 Å². The van der Waals surface area contributed by atoms with E-state index >= 15 is 0 Å². The molecular formula is C14H14ClN5O. The SMILES string of the molecule is O=C(Nc1ccc(Cl)cn1)C1NNNC1c1ccccc1. The van der Waals surface area contributed by atoms with Crippen LogP contribution in [0, 0.1) is 0 Å². The summed E-state index contributed by atoms with van der Waals surface area (Å²) < 4.78 is 0. The molecule has 0 spiro atoms. The smallest absolute Gasteiger partial charge is 0.246 e. The molecule has 0 aliphatic carbocycles. The van der Waals surface area contributed by atoms with E-state index in [9.17, 15) is 4.79 Å². The molecule has 6 nitrogen and oxygen atoms in total. The first-order chi connectivity index (χ1) is 10.2. The first kappa shape index (κ1) is 14.0. The first-order valence-corrected chi connectivity index (χ1v) is 6.85. The molecule has 2 atom stereocenters. The summed E-state index contributed by atoms with van der Waals surface area (Å²) in [5.74, 6) is 0.279. The number of aromatic nitrogens is 1. The number of rotatable bonds is 3. The molecule has 1 amide bonds. The summed E-state index contributed by atoms with van der Waals surface area (Å²) in [4.78, 5) is 16.4. The second-order valence-corrected chi connectivity index (χ2v) is 5.07. The van der Waals surface area contributed by atoms with Crippen molar-refractivity contribution in [1.29, 1.82) is 0 Å². The lowest BCUT2D eigenvalue weighted by molar-refractivity contribution is -0.118. The van der Waals surface area contributed by atoms with Crippen molar-refractivity contribution in [3.05, 3.63) is 59.2 Å². The molecule has 108 valence electrons. The predicted molar refractivity (Wildman–Crippen MR) is 80.3 cm³/mol. The normalized spacial score (nSPS) is 21.2. The summed E-state index contributed by atoms with van der Waals surface area (Å²) in [6, 6.07) is 12.5. The van der Waals surface area contributed by atoms with Crippen LogP contribution in [0.25, 0.3) is 0 Å². The van der Waals surface area contributed by atoms with E-state index in [1.54, 1.807) is 12.1 Å². The molecule has 4 N–H and O–H groups in total. The van der Waals surface area contributed by atoms with Gasteiger partial charge in [0.1, 0.15) is 11.9 Å². The van der Waals surface area contributed by atoms with Crippen molar-refractivity contribution in [1.82, 2.24) is 21.4 Å². The maximum Gasteiger partial charge on any atom is 0.246 e. The van der Waals surface area contributed by atoms with Gasteiger partial charge >= 0.3 is 0 Å². The number of nitrogens with zero attached hydrogens (tertiary/aromatic N) is 1. The van der Waals surface area contributed by atoms with Gasteiger partial charge in [-0.3, -0.25) is 4.79 Å². The van der Waals surface area contributed by atoms with Crippen LogP contribution < -0.4 is 21.7 Å². The van der Waals surface area contributed by atoms with Gasteiger partial charge in [-0.2, -0.15) is 5.53 Å². The number of carbonyl (C=O) groups excluding carboxylic acids is 1. The van der Waals surface area contributed by atoms with Gasteiger partial charge in [0.05, 0.1) is 11.1 Å². The summed E-state index contributed by atoms with van der Waals surface area (Å²) in [5.41, 5.74) is 9.75. The summed E-state index contributed by atoms with van der Waals surface area (Å²) >= 11 is 5.77. The van der Waals surface area contributed by atoms with Gasteiger partial charge in [0.15, 0.2) is 0 Å². The van der Waals surface area contributed by atoms with Crippen LogP contribution in [-0.2, 0) is 4.79 Å². The van der Waals surface area contributed by atoms with Gasteiger partial charge in [0, 0.05) is 6.20 Å². The molecule has 2 aromatic rings. The van der Waals surface area contributed by atoms with Crippen molar-refractivity contribution >= 4 is 23.3 Å². The van der Waals surface area contributed by atoms with Gasteiger partial charge in [0.2, 0.25) is 5.91 Å². The highest BCUT2D eigenvalue weighted by molar-refractivity contribution is 6.30. The van der Waals surface area contributed by atoms with Crippen molar-refractivity contribution in [3.63, 3.8) is 0 Å². The highest BCUT2D eigenvalue weighted by Crippen LogP contribution is 2.19. The molecule has 1 fully saturated rings. The molecule has 1 aliphatic heterocycles. The van der Waals surface area contributed by atoms with Crippen LogP contribution in [0.5, 0.6) is 0 Å². The topological polar surface area (TPSA) is 78.1 Å². The standard InChI is InChI=1S/C14H14ClN5O/c15-10-6-7-11(16-8-10)17-14(21)13-12(18-20-19-13)9-4-2-1-3-5-9/h1-8,12-13,18-20H,(H,16,17,21). The van der Waals surface area contributed by atoms with Crippen molar-refractivity contribution in [2.75, 3.05) is 5.32 Å². The monoisotopic (exact) mass is 303 g/mol. The number of carbonyl (C=O) groups is 1. The fourth-order valence-electron chi connectivity index (χ4n) is 2.17. The number of pyridine rings is 1. The average molecular weight is 304 g/mol. The predicted octanol–water partition coefficient (Wildman–Crippen LogP) is 1.40. The van der Waals surface area contributed by atoms with Crippen LogP contribution in [0.15, 0.2) is 48.7 Å². The largest absolute Gasteiger partial charge is 0.309 e. The number of nitrogens with one attached hydrogen (secondary N) is 4. The van der Waals surface area contributed by atoms with Crippen molar-refractivity contribution in [2.45, 2.75) is 12.1 Å². The Balaban J connectivity index is 1.73. The van der Waals surface area contributed by atoms with E-state index in [1.165, 1.54) is 6.20 Å². The molecule has 1 aromatic carbocycles. The van der Waals surface area contributed by atoms with Crippen LogP contribution in [-0.4, -0.2) is 16.9 Å². The van der Waals surface area contributed by atoms with Crippen LogP contribution >= 0.6 is 11.6 Å². The maximum absolute atomic E-state index is 12.4. The molecule has 2 unspecified atom stereocenters. The minimum absolute atomic E-state index is 0.168. The van der Waals surface area contributed by atoms with Gasteiger partial charge in [-0.1, -0.05) is 41.9 Å². The van der Waals surface area contributed by atoms with Gasteiger partial charge in [-0.05, 0) is 17.7 Å². The van der Waals surface area contributed by atoms with Gasteiger partial charge < -0.3 is 5.32 Å². The molecule has 0 bridgehead atoms. The van der Waals surface area contributed by atoms with Gasteiger partial charge in [-0.25, -0.2) is 15.8 Å². The lowest BCUT2D eigenvalue weighted by atomic mass is 10.0. The van der Waals surface area contributed by atoms with Crippen molar-refractivity contribution in [2.24, 2.45) is 0 Å². The highest BCUT2D eigenvalue weighted by Gasteiger charge is 2.33. The van der Waals surface area contributed by atoms with E-state index in [4.69, 9.17) is 11.6 Å². The zero-order valence-electron chi connectivity index (χ0n) is 11.0. The Morgan fingerprint density at radius 2 is 1.95 bits per heavy atom. The fraction of sp³-hybridized carbons (Fsp3) is 0.143. The highest BCUT2D eigenvalue weighted by atomic mass is 35.5. The Morgan fingerprint density at radius 1 is 1.14 bits per heavy atom. The number of hydrogen-bond acceptors (Lipinski definition) is 5. The molecule has 1 saturated heterocycles. The number of hydrazine groups is 2. The summed E-state index contributed by atoms with van der Waals surface area (Å²) in [6.45, 7) is 0. The molecule has 0 radical (unpaired) electrons. The Labute approximate surface area is 126 Å². The summed E-state index contributed by atoms with van der Waals surface area (Å²) in [5, 5.41) is 3.29. The van der Waals surface area contributed by atoms with E-state index in [-0.39, 0.29) is 11.9 Å². The molecule has 7 heteroatoms. The minimum Gasteiger partial charge on any atom is -0.309 e. The van der Waals surface area contributed by atoms with E-state index in [0.717, 1.165) is 5.56 Å². The number of benzene rings is 1. The molecule has 1 aliphatic rings.